The average Bonchev–Trinajstić information content (AvgIpc) is 3.33. The second kappa shape index (κ2) is 8.18. The highest BCUT2D eigenvalue weighted by Crippen LogP contribution is 2.53. The van der Waals surface area contributed by atoms with Crippen LogP contribution >= 0.6 is 0 Å². The Morgan fingerprint density at radius 3 is 2.90 bits per heavy atom. The van der Waals surface area contributed by atoms with Crippen LogP contribution in [0.15, 0.2) is 34.5 Å². The van der Waals surface area contributed by atoms with Gasteiger partial charge >= 0.3 is 5.97 Å². The van der Waals surface area contributed by atoms with E-state index in [1.807, 2.05) is 6.07 Å². The Morgan fingerprint density at radius 2 is 2.07 bits per heavy atom. The molecule has 1 aromatic rings. The van der Waals surface area contributed by atoms with Gasteiger partial charge in [0.2, 0.25) is 0 Å². The molecule has 2 saturated carbocycles. The molecule has 1 saturated heterocycles. The number of hydrogen-bond acceptors (Lipinski definition) is 3. The first kappa shape index (κ1) is 20.4. The van der Waals surface area contributed by atoms with Crippen molar-refractivity contribution >= 4 is 5.97 Å². The van der Waals surface area contributed by atoms with Crippen LogP contribution in [0.1, 0.15) is 71.0 Å². The number of quaternary nitrogens is 1. The molecule has 0 amide bonds. The Bertz CT molecular complexity index is 784. The summed E-state index contributed by atoms with van der Waals surface area (Å²) < 4.78 is 11.6. The zero-order valence-electron chi connectivity index (χ0n) is 18.6. The molecule has 2 N–H and O–H groups in total. The molecule has 2 heterocycles. The topological polar surface area (TPSA) is 56.0 Å². The van der Waals surface area contributed by atoms with Crippen LogP contribution in [0.5, 0.6) is 0 Å². The molecule has 0 unspecified atom stereocenters. The number of esters is 1. The van der Waals surface area contributed by atoms with E-state index >= 15 is 0 Å². The minimum atomic E-state index is 0.0207. The van der Waals surface area contributed by atoms with Gasteiger partial charge in [0.25, 0.3) is 0 Å². The van der Waals surface area contributed by atoms with Crippen molar-refractivity contribution in [3.63, 3.8) is 0 Å². The van der Waals surface area contributed by atoms with Crippen molar-refractivity contribution in [2.75, 3.05) is 6.54 Å². The number of rotatable bonds is 5. The summed E-state index contributed by atoms with van der Waals surface area (Å²) in [4.78, 5) is 12.9. The predicted octanol–water partition coefficient (Wildman–Crippen LogP) is 4.26. The van der Waals surface area contributed by atoms with E-state index in [1.165, 1.54) is 44.9 Å². The van der Waals surface area contributed by atoms with Crippen molar-refractivity contribution in [3.8, 4) is 0 Å². The molecular weight excluding hydrogens is 374 g/mol. The fourth-order valence-electron chi connectivity index (χ4n) is 7.12. The normalized spacial score (nSPS) is 41.0. The number of carbonyl (C=O) groups excluding carboxylic acids is 1. The summed E-state index contributed by atoms with van der Waals surface area (Å²) in [6.07, 6.45) is 15.4. The first-order chi connectivity index (χ1) is 14.5. The molecule has 0 radical (unpaired) electrons. The first-order valence-electron chi connectivity index (χ1n) is 12.3. The third kappa shape index (κ3) is 3.77. The number of carbonyl (C=O) groups is 1. The lowest BCUT2D eigenvalue weighted by Crippen LogP contribution is -2.93. The molecule has 7 atom stereocenters. The largest absolute Gasteiger partial charge is 0.469 e. The highest BCUT2D eigenvalue weighted by atomic mass is 16.6. The lowest BCUT2D eigenvalue weighted by atomic mass is 9.59. The lowest BCUT2D eigenvalue weighted by Gasteiger charge is -2.45. The van der Waals surface area contributed by atoms with Crippen LogP contribution in [0.2, 0.25) is 0 Å². The van der Waals surface area contributed by atoms with Crippen LogP contribution in [-0.2, 0) is 16.0 Å². The lowest BCUT2D eigenvalue weighted by molar-refractivity contribution is -0.702. The third-order valence-corrected chi connectivity index (χ3v) is 8.79. The Morgan fingerprint density at radius 1 is 1.20 bits per heavy atom. The van der Waals surface area contributed by atoms with E-state index in [2.05, 4.69) is 31.3 Å². The van der Waals surface area contributed by atoms with Gasteiger partial charge in [-0.1, -0.05) is 38.3 Å². The smallest absolute Gasteiger partial charge is 0.315 e. The van der Waals surface area contributed by atoms with Crippen LogP contribution in [0.4, 0.5) is 0 Å². The minimum absolute atomic E-state index is 0.0207. The Balaban J connectivity index is 1.28. The molecule has 0 bridgehead atoms. The molecule has 164 valence electrons. The van der Waals surface area contributed by atoms with Crippen molar-refractivity contribution in [2.24, 2.45) is 29.1 Å². The van der Waals surface area contributed by atoms with E-state index in [0.717, 1.165) is 25.1 Å². The van der Waals surface area contributed by atoms with Crippen LogP contribution in [-0.4, -0.2) is 24.7 Å². The highest BCUT2D eigenvalue weighted by molar-refractivity contribution is 5.76. The molecule has 4 aliphatic rings. The Hall–Kier alpha value is -1.55. The zero-order valence-corrected chi connectivity index (χ0v) is 18.6. The first-order valence-corrected chi connectivity index (χ1v) is 12.3. The van der Waals surface area contributed by atoms with Crippen LogP contribution in [0.25, 0.3) is 0 Å². The van der Waals surface area contributed by atoms with E-state index in [9.17, 15) is 4.79 Å². The zero-order chi connectivity index (χ0) is 20.7. The SMILES string of the molecule is C[C@H]1CCC[C@]2(C)C[C@H]3OC(=O)[C@@H](C[NH2+][C@@H]4CCCC[C@@H]4Cc4ccco4)[C@H]3C=C12. The van der Waals surface area contributed by atoms with Gasteiger partial charge in [0.1, 0.15) is 17.8 Å². The number of fused-ring (bicyclic) bond motifs is 2. The molecule has 3 aliphatic carbocycles. The van der Waals surface area contributed by atoms with E-state index < -0.39 is 0 Å². The van der Waals surface area contributed by atoms with E-state index in [-0.39, 0.29) is 29.3 Å². The van der Waals surface area contributed by atoms with Gasteiger partial charge in [0.15, 0.2) is 0 Å². The Labute approximate surface area is 180 Å². The van der Waals surface area contributed by atoms with Gasteiger partial charge in [-0.25, -0.2) is 0 Å². The number of ether oxygens (including phenoxy) is 1. The standard InChI is InChI=1S/C26H37NO3/c1-17-7-5-11-26(2)15-24-20(14-22(17)26)21(25(28)30-24)16-27-23-10-4-3-8-18(23)13-19-9-6-12-29-19/h6,9,12,14,17-18,20-21,23-24,27H,3-5,7-8,10-11,13,15-16H2,1-2H3/p+1/t17-,18+,20+,21-,23+,24+,26+/m0/s1. The van der Waals surface area contributed by atoms with Crippen molar-refractivity contribution in [3.05, 3.63) is 35.8 Å². The molecule has 1 aliphatic heterocycles. The predicted molar refractivity (Wildman–Crippen MR) is 116 cm³/mol. The van der Waals surface area contributed by atoms with E-state index in [0.29, 0.717) is 17.9 Å². The van der Waals surface area contributed by atoms with Gasteiger partial charge in [-0.3, -0.25) is 4.79 Å². The molecular formula is C26H38NO3+. The van der Waals surface area contributed by atoms with Gasteiger partial charge in [0, 0.05) is 18.3 Å². The van der Waals surface area contributed by atoms with Gasteiger partial charge < -0.3 is 14.5 Å². The van der Waals surface area contributed by atoms with Crippen LogP contribution in [0.3, 0.4) is 0 Å². The summed E-state index contributed by atoms with van der Waals surface area (Å²) in [6, 6.07) is 4.68. The maximum absolute atomic E-state index is 12.9. The summed E-state index contributed by atoms with van der Waals surface area (Å²) in [5.74, 6) is 2.75. The summed E-state index contributed by atoms with van der Waals surface area (Å²) in [5, 5.41) is 2.48. The van der Waals surface area contributed by atoms with Gasteiger partial charge in [-0.15, -0.1) is 0 Å². The maximum atomic E-state index is 12.9. The van der Waals surface area contributed by atoms with Gasteiger partial charge in [0.05, 0.1) is 18.8 Å². The van der Waals surface area contributed by atoms with Gasteiger partial charge in [-0.05, 0) is 62.0 Å². The molecule has 0 aromatic carbocycles. The Kier molecular flexibility index (Phi) is 5.55. The number of furan rings is 1. The van der Waals surface area contributed by atoms with Crippen LogP contribution in [0, 0.1) is 29.1 Å². The summed E-state index contributed by atoms with van der Waals surface area (Å²) in [7, 11) is 0. The average molecular weight is 413 g/mol. The second-order valence-electron chi connectivity index (χ2n) is 10.8. The summed E-state index contributed by atoms with van der Waals surface area (Å²) in [5.41, 5.74) is 1.86. The molecule has 30 heavy (non-hydrogen) atoms. The summed E-state index contributed by atoms with van der Waals surface area (Å²) in [6.45, 7) is 5.65. The minimum Gasteiger partial charge on any atom is -0.469 e. The quantitative estimate of drug-likeness (QED) is 0.581. The fourth-order valence-corrected chi connectivity index (χ4v) is 7.12. The maximum Gasteiger partial charge on any atom is 0.315 e. The monoisotopic (exact) mass is 412 g/mol. The van der Waals surface area contributed by atoms with Gasteiger partial charge in [-0.2, -0.15) is 0 Å². The van der Waals surface area contributed by atoms with Crippen molar-refractivity contribution in [1.82, 2.24) is 0 Å². The fraction of sp³-hybridized carbons (Fsp3) is 0.731. The van der Waals surface area contributed by atoms with Crippen molar-refractivity contribution in [1.29, 1.82) is 0 Å². The number of hydrogen-bond donors (Lipinski definition) is 1. The number of nitrogens with two attached hydrogens (primary N) is 1. The van der Waals surface area contributed by atoms with Crippen molar-refractivity contribution in [2.45, 2.75) is 83.8 Å². The van der Waals surface area contributed by atoms with Crippen LogP contribution < -0.4 is 5.32 Å². The highest BCUT2D eigenvalue weighted by Gasteiger charge is 2.52. The molecule has 4 nitrogen and oxygen atoms in total. The van der Waals surface area contributed by atoms with E-state index in [1.54, 1.807) is 11.8 Å². The molecule has 0 spiro atoms. The molecule has 5 rings (SSSR count). The third-order valence-electron chi connectivity index (χ3n) is 8.79. The molecule has 3 fully saturated rings. The second-order valence-corrected chi connectivity index (χ2v) is 10.8. The summed E-state index contributed by atoms with van der Waals surface area (Å²) >= 11 is 0. The molecule has 4 heteroatoms. The van der Waals surface area contributed by atoms with E-state index in [4.69, 9.17) is 9.15 Å². The number of allylic oxidation sites excluding steroid dienone is 1. The van der Waals surface area contributed by atoms with Crippen molar-refractivity contribution < 1.29 is 19.3 Å². The molecule has 1 aromatic heterocycles.